The molecule has 0 saturated carbocycles. The van der Waals surface area contributed by atoms with Gasteiger partial charge in [0, 0.05) is 18.4 Å². The molecule has 0 fully saturated rings. The van der Waals surface area contributed by atoms with Gasteiger partial charge in [0.1, 0.15) is 17.4 Å². The van der Waals surface area contributed by atoms with E-state index >= 15 is 0 Å². The van der Waals surface area contributed by atoms with Gasteiger partial charge < -0.3 is 15.4 Å². The first-order valence-electron chi connectivity index (χ1n) is 8.54. The predicted molar refractivity (Wildman–Crippen MR) is 103 cm³/mol. The van der Waals surface area contributed by atoms with Gasteiger partial charge in [-0.15, -0.1) is 0 Å². The number of pyridine rings is 1. The monoisotopic (exact) mass is 365 g/mol. The number of carbonyl (C=O) groups is 1. The highest BCUT2D eigenvalue weighted by molar-refractivity contribution is 5.94. The number of aromatic nitrogens is 1. The van der Waals surface area contributed by atoms with Gasteiger partial charge in [-0.3, -0.25) is 4.79 Å². The Labute approximate surface area is 157 Å². The molecule has 0 aliphatic carbocycles. The molecule has 2 aromatic carbocycles. The Hall–Kier alpha value is -3.41. The highest BCUT2D eigenvalue weighted by Crippen LogP contribution is 2.18. The van der Waals surface area contributed by atoms with Crippen molar-refractivity contribution in [2.24, 2.45) is 0 Å². The molecular formula is C21H20FN3O2. The normalized spacial score (nSPS) is 10.3. The molecule has 1 aromatic heterocycles. The molecule has 3 rings (SSSR count). The van der Waals surface area contributed by atoms with Crippen LogP contribution in [0, 0.1) is 5.82 Å². The van der Waals surface area contributed by atoms with Crippen LogP contribution in [0.2, 0.25) is 0 Å². The Morgan fingerprint density at radius 2 is 1.78 bits per heavy atom. The van der Waals surface area contributed by atoms with Crippen molar-refractivity contribution >= 4 is 17.4 Å². The van der Waals surface area contributed by atoms with Gasteiger partial charge in [-0.05, 0) is 60.5 Å². The van der Waals surface area contributed by atoms with Gasteiger partial charge in [0.15, 0.2) is 0 Å². The zero-order chi connectivity index (χ0) is 19.1. The minimum atomic E-state index is -0.266. The number of ether oxygens (including phenoxy) is 1. The smallest absolute Gasteiger partial charge is 0.252 e. The van der Waals surface area contributed by atoms with Crippen LogP contribution >= 0.6 is 0 Å². The molecule has 1 amide bonds. The van der Waals surface area contributed by atoms with Crippen LogP contribution in [0.1, 0.15) is 15.9 Å². The lowest BCUT2D eigenvalue weighted by molar-refractivity contribution is 0.0954. The summed E-state index contributed by atoms with van der Waals surface area (Å²) in [5.41, 5.74) is 2.32. The Bertz CT molecular complexity index is 879. The maximum Gasteiger partial charge on any atom is 0.252 e. The topological polar surface area (TPSA) is 63.2 Å². The first-order chi connectivity index (χ1) is 13.1. The highest BCUT2D eigenvalue weighted by atomic mass is 19.1. The van der Waals surface area contributed by atoms with Crippen molar-refractivity contribution in [2.75, 3.05) is 19.0 Å². The van der Waals surface area contributed by atoms with Crippen LogP contribution in [-0.2, 0) is 6.42 Å². The Balaban J connectivity index is 1.51. The van der Waals surface area contributed by atoms with E-state index in [1.807, 2.05) is 24.3 Å². The molecule has 3 aromatic rings. The van der Waals surface area contributed by atoms with E-state index in [4.69, 9.17) is 4.74 Å². The summed E-state index contributed by atoms with van der Waals surface area (Å²) in [5.74, 6) is 0.960. The summed E-state index contributed by atoms with van der Waals surface area (Å²) >= 11 is 0. The number of halogens is 1. The lowest BCUT2D eigenvalue weighted by Crippen LogP contribution is -2.25. The fraction of sp³-hybridized carbons (Fsp3) is 0.143. The average molecular weight is 365 g/mol. The number of rotatable bonds is 7. The van der Waals surface area contributed by atoms with Gasteiger partial charge in [0.25, 0.3) is 5.91 Å². The molecule has 0 spiro atoms. The zero-order valence-electron chi connectivity index (χ0n) is 14.9. The molecule has 0 aliphatic rings. The SMILES string of the molecule is COc1ccc(Nc2ccc(C(=O)NCCc3ccc(F)cc3)cn2)cc1. The average Bonchev–Trinajstić information content (AvgIpc) is 2.70. The minimum absolute atomic E-state index is 0.194. The lowest BCUT2D eigenvalue weighted by Gasteiger charge is -2.08. The summed E-state index contributed by atoms with van der Waals surface area (Å²) in [6.45, 7) is 0.469. The van der Waals surface area contributed by atoms with Gasteiger partial charge in [-0.25, -0.2) is 9.37 Å². The second-order valence-corrected chi connectivity index (χ2v) is 5.92. The Morgan fingerprint density at radius 3 is 2.41 bits per heavy atom. The molecule has 27 heavy (non-hydrogen) atoms. The number of methoxy groups -OCH3 is 1. The van der Waals surface area contributed by atoms with Gasteiger partial charge in [-0.1, -0.05) is 12.1 Å². The molecule has 0 atom stereocenters. The number of nitrogens with one attached hydrogen (secondary N) is 2. The van der Waals surface area contributed by atoms with Crippen LogP contribution in [-0.4, -0.2) is 24.5 Å². The fourth-order valence-corrected chi connectivity index (χ4v) is 2.50. The standard InChI is InChI=1S/C21H20FN3O2/c1-27-19-9-7-18(8-10-19)25-20-11-4-16(14-24-20)21(26)23-13-12-15-2-5-17(22)6-3-15/h2-11,14H,12-13H2,1H3,(H,23,26)(H,24,25). The van der Waals surface area contributed by atoms with Crippen molar-refractivity contribution < 1.29 is 13.9 Å². The summed E-state index contributed by atoms with van der Waals surface area (Å²) in [6, 6.07) is 17.2. The Morgan fingerprint density at radius 1 is 1.04 bits per heavy atom. The molecule has 0 aliphatic heterocycles. The summed E-state index contributed by atoms with van der Waals surface area (Å²) in [7, 11) is 1.62. The molecule has 0 bridgehead atoms. The third-order valence-corrected chi connectivity index (χ3v) is 4.00. The number of nitrogens with zero attached hydrogens (tertiary/aromatic N) is 1. The van der Waals surface area contributed by atoms with E-state index in [0.717, 1.165) is 17.0 Å². The lowest BCUT2D eigenvalue weighted by atomic mass is 10.1. The second-order valence-electron chi connectivity index (χ2n) is 5.92. The third kappa shape index (κ3) is 5.28. The van der Waals surface area contributed by atoms with Crippen molar-refractivity contribution in [3.63, 3.8) is 0 Å². The molecule has 0 unspecified atom stereocenters. The van der Waals surface area contributed by atoms with E-state index in [1.165, 1.54) is 18.3 Å². The largest absolute Gasteiger partial charge is 0.497 e. The number of hydrogen-bond acceptors (Lipinski definition) is 4. The molecule has 6 heteroatoms. The van der Waals surface area contributed by atoms with Crippen molar-refractivity contribution in [1.29, 1.82) is 0 Å². The minimum Gasteiger partial charge on any atom is -0.497 e. The highest BCUT2D eigenvalue weighted by Gasteiger charge is 2.06. The van der Waals surface area contributed by atoms with E-state index in [1.54, 1.807) is 31.4 Å². The molecule has 138 valence electrons. The van der Waals surface area contributed by atoms with E-state index < -0.39 is 0 Å². The van der Waals surface area contributed by atoms with Crippen LogP contribution in [0.5, 0.6) is 5.75 Å². The summed E-state index contributed by atoms with van der Waals surface area (Å²) in [4.78, 5) is 16.5. The summed E-state index contributed by atoms with van der Waals surface area (Å²) in [6.07, 6.45) is 2.16. The van der Waals surface area contributed by atoms with Crippen LogP contribution in [0.25, 0.3) is 0 Å². The zero-order valence-corrected chi connectivity index (χ0v) is 14.9. The maximum atomic E-state index is 12.9. The molecule has 1 heterocycles. The van der Waals surface area contributed by atoms with E-state index in [9.17, 15) is 9.18 Å². The van der Waals surface area contributed by atoms with Crippen molar-refractivity contribution in [3.8, 4) is 5.75 Å². The van der Waals surface area contributed by atoms with Crippen LogP contribution < -0.4 is 15.4 Å². The number of benzene rings is 2. The van der Waals surface area contributed by atoms with Gasteiger partial charge in [0.05, 0.1) is 12.7 Å². The summed E-state index contributed by atoms with van der Waals surface area (Å²) < 4.78 is 18.0. The van der Waals surface area contributed by atoms with Gasteiger partial charge in [-0.2, -0.15) is 0 Å². The fourth-order valence-electron chi connectivity index (χ4n) is 2.50. The van der Waals surface area contributed by atoms with E-state index in [0.29, 0.717) is 24.3 Å². The van der Waals surface area contributed by atoms with Gasteiger partial charge >= 0.3 is 0 Å². The number of anilines is 2. The molecule has 0 radical (unpaired) electrons. The Kier molecular flexibility index (Phi) is 5.99. The van der Waals surface area contributed by atoms with Crippen molar-refractivity contribution in [1.82, 2.24) is 10.3 Å². The summed E-state index contributed by atoms with van der Waals surface area (Å²) in [5, 5.41) is 6.00. The quantitative estimate of drug-likeness (QED) is 0.666. The van der Waals surface area contributed by atoms with Crippen molar-refractivity contribution in [2.45, 2.75) is 6.42 Å². The van der Waals surface area contributed by atoms with Crippen LogP contribution in [0.3, 0.4) is 0 Å². The molecule has 5 nitrogen and oxygen atoms in total. The van der Waals surface area contributed by atoms with Crippen LogP contribution in [0.4, 0.5) is 15.9 Å². The number of amides is 1. The first-order valence-corrected chi connectivity index (χ1v) is 8.54. The first kappa shape index (κ1) is 18.4. The number of carbonyl (C=O) groups excluding carboxylic acids is 1. The third-order valence-electron chi connectivity index (χ3n) is 4.00. The van der Waals surface area contributed by atoms with Gasteiger partial charge in [0.2, 0.25) is 0 Å². The predicted octanol–water partition coefficient (Wildman–Crippen LogP) is 3.95. The molecule has 2 N–H and O–H groups in total. The maximum absolute atomic E-state index is 12.9. The van der Waals surface area contributed by atoms with Crippen LogP contribution in [0.15, 0.2) is 66.9 Å². The number of hydrogen-bond donors (Lipinski definition) is 2. The second kappa shape index (κ2) is 8.80. The molecule has 0 saturated heterocycles. The van der Waals surface area contributed by atoms with E-state index in [2.05, 4.69) is 15.6 Å². The van der Waals surface area contributed by atoms with Crippen molar-refractivity contribution in [3.05, 3.63) is 83.8 Å². The molecular weight excluding hydrogens is 345 g/mol. The van der Waals surface area contributed by atoms with E-state index in [-0.39, 0.29) is 11.7 Å².